The Morgan fingerprint density at radius 3 is 2.93 bits per heavy atom. The Hall–Kier alpha value is -1.99. The number of likely N-dealkylation sites (N-methyl/N-ethyl adjacent to an activating group) is 1. The molecule has 1 aromatic heterocycles. The lowest BCUT2D eigenvalue weighted by Crippen LogP contribution is -2.50. The molecule has 2 heterocycles. The first-order chi connectivity index (χ1) is 12.9. The Labute approximate surface area is 164 Å². The number of carbonyl (C=O) groups excluding carboxylic acids is 2. The molecule has 1 aliphatic carbocycles. The topological polar surface area (TPSA) is 82.4 Å². The average Bonchev–Trinajstić information content (AvgIpc) is 3.04. The van der Waals surface area contributed by atoms with Crippen LogP contribution in [0.2, 0.25) is 0 Å². The van der Waals surface area contributed by atoms with Gasteiger partial charge in [-0.2, -0.15) is 0 Å². The number of nitrogens with zero attached hydrogens (tertiary/aromatic N) is 2. The largest absolute Gasteiger partial charge is 0.361 e. The number of primary amides is 1. The maximum absolute atomic E-state index is 12.1. The van der Waals surface area contributed by atoms with Crippen LogP contribution in [0.25, 0.3) is 10.9 Å². The quantitative estimate of drug-likeness (QED) is 0.707. The number of likely N-dealkylation sites (tertiary alicyclic amines) is 1. The number of fused-ring (bicyclic) bond motifs is 2. The van der Waals surface area contributed by atoms with Gasteiger partial charge in [-0.05, 0) is 56.3 Å². The monoisotopic (exact) mass is 386 g/mol. The molecule has 0 radical (unpaired) electrons. The number of urea groups is 1. The van der Waals surface area contributed by atoms with Crippen molar-refractivity contribution in [1.82, 2.24) is 14.2 Å². The van der Waals surface area contributed by atoms with Crippen LogP contribution in [-0.2, 0) is 11.2 Å². The Bertz CT molecular complexity index is 895. The third-order valence-corrected chi connectivity index (χ3v) is 6.84. The lowest BCUT2D eigenvalue weighted by Gasteiger charge is -2.46. The maximum Gasteiger partial charge on any atom is 0.325 e. The molecule has 2 unspecified atom stereocenters. The molecule has 0 saturated carbocycles. The summed E-state index contributed by atoms with van der Waals surface area (Å²) in [6.07, 6.45) is 4.77. The normalized spacial score (nSPS) is 25.8. The van der Waals surface area contributed by atoms with Crippen LogP contribution in [0.5, 0.6) is 0 Å². The van der Waals surface area contributed by atoms with Crippen LogP contribution in [0.1, 0.15) is 36.8 Å². The summed E-state index contributed by atoms with van der Waals surface area (Å²) in [4.78, 5) is 29.4. The van der Waals surface area contributed by atoms with Crippen molar-refractivity contribution < 1.29 is 9.59 Å². The summed E-state index contributed by atoms with van der Waals surface area (Å²) in [6, 6.07) is 5.69. The van der Waals surface area contributed by atoms with Crippen molar-refractivity contribution in [3.8, 4) is 0 Å². The SMILES string of the molecule is CC(=O)C(CC1C[C@@H]2c3cccc4[nH]cc(c34)C[C@H]2N(C)C1)N(S)C(N)=O. The van der Waals surface area contributed by atoms with E-state index in [0.717, 1.165) is 23.7 Å². The van der Waals surface area contributed by atoms with Gasteiger partial charge in [0.25, 0.3) is 0 Å². The molecule has 1 aliphatic heterocycles. The lowest BCUT2D eigenvalue weighted by molar-refractivity contribution is -0.120. The minimum Gasteiger partial charge on any atom is -0.361 e. The second kappa shape index (κ2) is 6.87. The molecule has 6 nitrogen and oxygen atoms in total. The minimum atomic E-state index is -0.681. The summed E-state index contributed by atoms with van der Waals surface area (Å²) in [5.41, 5.74) is 9.34. The fourth-order valence-corrected chi connectivity index (χ4v) is 5.39. The van der Waals surface area contributed by atoms with Gasteiger partial charge in [0.1, 0.15) is 6.04 Å². The maximum atomic E-state index is 12.1. The van der Waals surface area contributed by atoms with Crippen LogP contribution >= 0.6 is 12.8 Å². The van der Waals surface area contributed by atoms with E-state index in [9.17, 15) is 9.59 Å². The molecule has 4 atom stereocenters. The van der Waals surface area contributed by atoms with Crippen LogP contribution in [-0.4, -0.2) is 51.7 Å². The van der Waals surface area contributed by atoms with Gasteiger partial charge in [0.15, 0.2) is 5.78 Å². The average molecular weight is 387 g/mol. The number of carbonyl (C=O) groups is 2. The van der Waals surface area contributed by atoms with Crippen LogP contribution in [0.4, 0.5) is 4.79 Å². The number of thiol groups is 1. The summed E-state index contributed by atoms with van der Waals surface area (Å²) < 4.78 is 1.08. The van der Waals surface area contributed by atoms with Gasteiger partial charge in [-0.15, -0.1) is 0 Å². The number of nitrogens with one attached hydrogen (secondary N) is 1. The highest BCUT2D eigenvalue weighted by molar-refractivity contribution is 7.78. The molecule has 144 valence electrons. The third-order valence-electron chi connectivity index (χ3n) is 6.36. The van der Waals surface area contributed by atoms with Crippen molar-refractivity contribution in [1.29, 1.82) is 0 Å². The zero-order chi connectivity index (χ0) is 19.3. The van der Waals surface area contributed by atoms with E-state index >= 15 is 0 Å². The number of benzene rings is 1. The number of aromatic amines is 1. The van der Waals surface area contributed by atoms with Gasteiger partial charge in [-0.3, -0.25) is 9.10 Å². The summed E-state index contributed by atoms with van der Waals surface area (Å²) in [5.74, 6) is 0.650. The first kappa shape index (κ1) is 18.4. The van der Waals surface area contributed by atoms with Crippen LogP contribution in [0.15, 0.2) is 24.4 Å². The fraction of sp³-hybridized carbons (Fsp3) is 0.500. The van der Waals surface area contributed by atoms with Crippen molar-refractivity contribution in [2.45, 2.75) is 44.2 Å². The van der Waals surface area contributed by atoms with Crippen LogP contribution in [0.3, 0.4) is 0 Å². The van der Waals surface area contributed by atoms with Crippen molar-refractivity contribution in [2.75, 3.05) is 13.6 Å². The van der Waals surface area contributed by atoms with Crippen molar-refractivity contribution >= 4 is 35.5 Å². The Kier molecular flexibility index (Phi) is 4.68. The number of nitrogens with two attached hydrogens (primary N) is 1. The van der Waals surface area contributed by atoms with Gasteiger partial charge in [0, 0.05) is 35.6 Å². The van der Waals surface area contributed by atoms with E-state index in [-0.39, 0.29) is 5.78 Å². The van der Waals surface area contributed by atoms with Crippen LogP contribution in [0, 0.1) is 5.92 Å². The van der Waals surface area contributed by atoms with Crippen LogP contribution < -0.4 is 5.73 Å². The Morgan fingerprint density at radius 2 is 2.22 bits per heavy atom. The van der Waals surface area contributed by atoms with Gasteiger partial charge >= 0.3 is 6.03 Å². The standard InChI is InChI=1S/C20H26N4O2S/c1-11(25)17(24(27)20(21)26)7-12-6-15-14-4-3-5-16-19(14)13(9-22-16)8-18(15)23(2)10-12/h3-5,9,12,15,17-18,22,27H,6-8,10H2,1-2H3,(H2,21,26)/t12?,15-,17?,18-/m1/s1. The van der Waals surface area contributed by atoms with Crippen molar-refractivity contribution in [3.63, 3.8) is 0 Å². The first-order valence-corrected chi connectivity index (χ1v) is 9.84. The van der Waals surface area contributed by atoms with E-state index in [1.54, 1.807) is 0 Å². The number of ketones is 1. The van der Waals surface area contributed by atoms with Gasteiger partial charge in [0.05, 0.1) is 0 Å². The molecular formula is C20H26N4O2S. The third kappa shape index (κ3) is 3.12. The van der Waals surface area contributed by atoms with Gasteiger partial charge in [0.2, 0.25) is 0 Å². The minimum absolute atomic E-state index is 0.0766. The first-order valence-electron chi connectivity index (χ1n) is 9.44. The van der Waals surface area contributed by atoms with E-state index in [1.165, 1.54) is 29.0 Å². The van der Waals surface area contributed by atoms with Gasteiger partial charge in [-0.25, -0.2) is 4.79 Å². The number of hydrogen-bond donors (Lipinski definition) is 3. The zero-order valence-electron chi connectivity index (χ0n) is 15.7. The molecule has 2 aliphatic rings. The summed E-state index contributed by atoms with van der Waals surface area (Å²) in [5, 5.41) is 1.36. The molecule has 2 amide bonds. The highest BCUT2D eigenvalue weighted by atomic mass is 32.1. The van der Waals surface area contributed by atoms with Gasteiger partial charge < -0.3 is 15.6 Å². The van der Waals surface area contributed by atoms with E-state index in [1.807, 2.05) is 0 Å². The van der Waals surface area contributed by atoms with E-state index < -0.39 is 12.1 Å². The fourth-order valence-electron chi connectivity index (χ4n) is 5.13. The van der Waals surface area contributed by atoms with Crippen molar-refractivity contribution in [2.24, 2.45) is 11.7 Å². The summed E-state index contributed by atoms with van der Waals surface area (Å²) in [6.45, 7) is 2.40. The zero-order valence-corrected chi connectivity index (χ0v) is 16.6. The second-order valence-corrected chi connectivity index (χ2v) is 8.48. The van der Waals surface area contributed by atoms with E-state index in [4.69, 9.17) is 5.73 Å². The second-order valence-electron chi connectivity index (χ2n) is 8.05. The number of H-pyrrole nitrogens is 1. The summed E-state index contributed by atoms with van der Waals surface area (Å²) in [7, 11) is 2.16. The molecule has 4 rings (SSSR count). The number of hydrogen-bond acceptors (Lipinski definition) is 4. The highest BCUT2D eigenvalue weighted by Crippen LogP contribution is 2.45. The van der Waals surface area contributed by atoms with Gasteiger partial charge in [-0.1, -0.05) is 24.9 Å². The summed E-state index contributed by atoms with van der Waals surface area (Å²) >= 11 is 4.16. The smallest absolute Gasteiger partial charge is 0.325 e. The molecule has 2 aromatic rings. The molecule has 27 heavy (non-hydrogen) atoms. The predicted octanol–water partition coefficient (Wildman–Crippen LogP) is 2.70. The molecule has 1 aromatic carbocycles. The predicted molar refractivity (Wildman–Crippen MR) is 109 cm³/mol. The Morgan fingerprint density at radius 1 is 1.44 bits per heavy atom. The lowest BCUT2D eigenvalue weighted by atomic mass is 9.71. The molecule has 0 spiro atoms. The molecule has 7 heteroatoms. The molecule has 1 fully saturated rings. The van der Waals surface area contributed by atoms with Crippen molar-refractivity contribution in [3.05, 3.63) is 35.5 Å². The van der Waals surface area contributed by atoms with E-state index in [2.05, 4.69) is 54.1 Å². The molecule has 3 N–H and O–H groups in total. The Balaban J connectivity index is 1.62. The molecule has 0 bridgehead atoms. The molecule has 1 saturated heterocycles. The van der Waals surface area contributed by atoms with E-state index in [0.29, 0.717) is 24.3 Å². The number of aromatic nitrogens is 1. The number of rotatable bonds is 4. The number of Topliss-reactive ketones (excluding diaryl/α,β-unsaturated/α-hetero) is 1. The highest BCUT2D eigenvalue weighted by Gasteiger charge is 2.40. The number of piperidine rings is 1. The molecular weight excluding hydrogens is 360 g/mol. The number of amides is 2.